The number of hydrogen-bond donors (Lipinski definition) is 1. The molecule has 0 saturated carbocycles. The van der Waals surface area contributed by atoms with Crippen LogP contribution in [0.1, 0.15) is 13.8 Å². The Morgan fingerprint density at radius 2 is 2.06 bits per heavy atom. The fourth-order valence-corrected chi connectivity index (χ4v) is 3.69. The minimum atomic E-state index is -2.27. The Balaban J connectivity index is 3.13. The molecule has 0 aliphatic carbocycles. The van der Waals surface area contributed by atoms with Gasteiger partial charge in [-0.25, -0.2) is 0 Å². The molecule has 0 aliphatic heterocycles. The number of rotatable bonds is 6. The molecule has 1 aromatic carbocycles. The summed E-state index contributed by atoms with van der Waals surface area (Å²) in [6, 6.07) is 5.63. The molecule has 0 saturated heterocycles. The van der Waals surface area contributed by atoms with Crippen LogP contribution in [0, 0.1) is 12.3 Å². The highest BCUT2D eigenvalue weighted by Crippen LogP contribution is 2.44. The number of anilines is 1. The van der Waals surface area contributed by atoms with Gasteiger partial charge in [-0.05, 0) is 18.2 Å². The van der Waals surface area contributed by atoms with Crippen LogP contribution < -0.4 is 15.4 Å². The van der Waals surface area contributed by atoms with E-state index in [0.717, 1.165) is 11.0 Å². The summed E-state index contributed by atoms with van der Waals surface area (Å²) in [6.45, 7) is 4.36. The number of methoxy groups -OCH3 is 1. The minimum absolute atomic E-state index is 0.439. The minimum Gasteiger partial charge on any atom is -0.495 e. The van der Waals surface area contributed by atoms with Crippen molar-refractivity contribution in [2.45, 2.75) is 13.8 Å². The van der Waals surface area contributed by atoms with Gasteiger partial charge in [0.25, 0.3) is 0 Å². The normalized spacial score (nSPS) is 10.8. The predicted octanol–water partition coefficient (Wildman–Crippen LogP) is 2.77. The fourth-order valence-electron chi connectivity index (χ4n) is 1.81. The largest absolute Gasteiger partial charge is 0.495 e. The molecule has 0 fully saturated rings. The second kappa shape index (κ2) is 6.52. The summed E-state index contributed by atoms with van der Waals surface area (Å²) in [5.41, 5.74) is 0.831. The summed E-state index contributed by atoms with van der Waals surface area (Å²) in [5.74, 6) is 3.20. The van der Waals surface area contributed by atoms with E-state index in [1.54, 1.807) is 7.11 Å². The third kappa shape index (κ3) is 3.09. The van der Waals surface area contributed by atoms with Gasteiger partial charge < -0.3 is 14.6 Å². The number of nitrogens with one attached hydrogen (secondary N) is 1. The SMILES string of the molecule is C#CCNc1ccc(P(=O)(CC)CC)cc1OC. The van der Waals surface area contributed by atoms with E-state index < -0.39 is 7.14 Å². The van der Waals surface area contributed by atoms with Crippen molar-refractivity contribution in [3.63, 3.8) is 0 Å². The molecule has 0 spiro atoms. The van der Waals surface area contributed by atoms with Gasteiger partial charge in [0.2, 0.25) is 0 Å². The Bertz CT molecular complexity index is 483. The molecule has 0 bridgehead atoms. The number of benzene rings is 1. The van der Waals surface area contributed by atoms with Gasteiger partial charge in [0.15, 0.2) is 0 Å². The Morgan fingerprint density at radius 1 is 1.39 bits per heavy atom. The summed E-state index contributed by atoms with van der Waals surface area (Å²) in [4.78, 5) is 0. The van der Waals surface area contributed by atoms with Gasteiger partial charge in [-0.15, -0.1) is 6.42 Å². The van der Waals surface area contributed by atoms with Crippen LogP contribution in [0.5, 0.6) is 5.75 Å². The van der Waals surface area contributed by atoms with Gasteiger partial charge in [0.1, 0.15) is 12.9 Å². The number of hydrogen-bond acceptors (Lipinski definition) is 3. The van der Waals surface area contributed by atoms with E-state index in [0.29, 0.717) is 24.6 Å². The van der Waals surface area contributed by atoms with Gasteiger partial charge in [-0.2, -0.15) is 0 Å². The lowest BCUT2D eigenvalue weighted by Crippen LogP contribution is -2.10. The zero-order valence-electron chi connectivity index (χ0n) is 11.2. The van der Waals surface area contributed by atoms with Crippen LogP contribution >= 0.6 is 7.14 Å². The first kappa shape index (κ1) is 14.7. The van der Waals surface area contributed by atoms with E-state index in [4.69, 9.17) is 11.2 Å². The van der Waals surface area contributed by atoms with Gasteiger partial charge in [0.05, 0.1) is 19.3 Å². The molecule has 1 aromatic rings. The average molecular weight is 265 g/mol. The second-order valence-electron chi connectivity index (χ2n) is 3.96. The van der Waals surface area contributed by atoms with Crippen molar-refractivity contribution < 1.29 is 9.30 Å². The fraction of sp³-hybridized carbons (Fsp3) is 0.429. The number of terminal acetylenes is 1. The van der Waals surface area contributed by atoms with E-state index in [2.05, 4.69) is 11.2 Å². The third-order valence-electron chi connectivity index (χ3n) is 3.06. The molecule has 4 heteroatoms. The van der Waals surface area contributed by atoms with Crippen LogP contribution in [0.2, 0.25) is 0 Å². The standard InChI is InChI=1S/C14H20NO2P/c1-5-10-15-13-9-8-12(11-14(13)17-4)18(16,6-2)7-3/h1,8-9,11,15H,6-7,10H2,2-4H3. The van der Waals surface area contributed by atoms with Crippen molar-refractivity contribution in [2.75, 3.05) is 31.3 Å². The van der Waals surface area contributed by atoms with E-state index in [-0.39, 0.29) is 0 Å². The van der Waals surface area contributed by atoms with E-state index >= 15 is 0 Å². The Morgan fingerprint density at radius 3 is 2.56 bits per heavy atom. The molecular weight excluding hydrogens is 245 g/mol. The Kier molecular flexibility index (Phi) is 5.31. The van der Waals surface area contributed by atoms with Gasteiger partial charge in [0, 0.05) is 17.6 Å². The Hall–Kier alpha value is -1.39. The molecule has 1 N–H and O–H groups in total. The lowest BCUT2D eigenvalue weighted by molar-refractivity contribution is 0.417. The molecule has 0 heterocycles. The predicted molar refractivity (Wildman–Crippen MR) is 78.6 cm³/mol. The molecule has 0 aromatic heterocycles. The van der Waals surface area contributed by atoms with E-state index in [1.807, 2.05) is 32.0 Å². The maximum absolute atomic E-state index is 12.6. The van der Waals surface area contributed by atoms with Crippen molar-refractivity contribution in [2.24, 2.45) is 0 Å². The number of ether oxygens (including phenoxy) is 1. The van der Waals surface area contributed by atoms with Crippen LogP contribution in [0.3, 0.4) is 0 Å². The zero-order chi connectivity index (χ0) is 13.6. The summed E-state index contributed by atoms with van der Waals surface area (Å²) in [5, 5.41) is 3.95. The first-order valence-corrected chi connectivity index (χ1v) is 8.13. The summed E-state index contributed by atoms with van der Waals surface area (Å²) >= 11 is 0. The maximum Gasteiger partial charge on any atom is 0.142 e. The lowest BCUT2D eigenvalue weighted by atomic mass is 10.3. The van der Waals surface area contributed by atoms with Crippen LogP contribution in [-0.2, 0) is 4.57 Å². The van der Waals surface area contributed by atoms with Crippen LogP contribution in [0.15, 0.2) is 18.2 Å². The first-order chi connectivity index (χ1) is 8.61. The second-order valence-corrected chi connectivity index (χ2v) is 7.52. The van der Waals surface area contributed by atoms with Crippen molar-refractivity contribution in [3.05, 3.63) is 18.2 Å². The highest BCUT2D eigenvalue weighted by Gasteiger charge is 2.21. The molecular formula is C14H20NO2P. The molecule has 3 nitrogen and oxygen atoms in total. The van der Waals surface area contributed by atoms with Crippen LogP contribution in [-0.4, -0.2) is 26.0 Å². The van der Waals surface area contributed by atoms with Gasteiger partial charge in [-0.3, -0.25) is 0 Å². The molecule has 1 rings (SSSR count). The summed E-state index contributed by atoms with van der Waals surface area (Å²) in [6.07, 6.45) is 6.55. The molecule has 18 heavy (non-hydrogen) atoms. The van der Waals surface area contributed by atoms with Crippen LogP contribution in [0.25, 0.3) is 0 Å². The first-order valence-electron chi connectivity index (χ1n) is 6.05. The van der Waals surface area contributed by atoms with Crippen molar-refractivity contribution in [1.82, 2.24) is 0 Å². The highest BCUT2D eigenvalue weighted by molar-refractivity contribution is 7.71. The van der Waals surface area contributed by atoms with Crippen LogP contribution in [0.4, 0.5) is 5.69 Å². The highest BCUT2D eigenvalue weighted by atomic mass is 31.2. The maximum atomic E-state index is 12.6. The molecule has 0 unspecified atom stereocenters. The molecule has 0 radical (unpaired) electrons. The molecule has 0 atom stereocenters. The summed E-state index contributed by atoms with van der Waals surface area (Å²) in [7, 11) is -0.667. The molecule has 0 amide bonds. The topological polar surface area (TPSA) is 38.3 Å². The smallest absolute Gasteiger partial charge is 0.142 e. The van der Waals surface area contributed by atoms with Crippen molar-refractivity contribution >= 4 is 18.1 Å². The van der Waals surface area contributed by atoms with Gasteiger partial charge in [-0.1, -0.05) is 19.8 Å². The zero-order valence-corrected chi connectivity index (χ0v) is 12.1. The lowest BCUT2D eigenvalue weighted by Gasteiger charge is -2.17. The van der Waals surface area contributed by atoms with Gasteiger partial charge >= 0.3 is 0 Å². The molecule has 98 valence electrons. The summed E-state index contributed by atoms with van der Waals surface area (Å²) < 4.78 is 18.0. The van der Waals surface area contributed by atoms with Crippen molar-refractivity contribution in [1.29, 1.82) is 0 Å². The van der Waals surface area contributed by atoms with E-state index in [1.165, 1.54) is 0 Å². The Labute approximate surface area is 109 Å². The quantitative estimate of drug-likeness (QED) is 0.635. The molecule has 0 aliphatic rings. The van der Waals surface area contributed by atoms with E-state index in [9.17, 15) is 4.57 Å². The third-order valence-corrected chi connectivity index (χ3v) is 6.32. The average Bonchev–Trinajstić information content (AvgIpc) is 2.43. The van der Waals surface area contributed by atoms with Crippen molar-refractivity contribution in [3.8, 4) is 18.1 Å². The monoisotopic (exact) mass is 265 g/mol.